The zero-order valence-corrected chi connectivity index (χ0v) is 12.1. The first kappa shape index (κ1) is 13.8. The van der Waals surface area contributed by atoms with Gasteiger partial charge in [-0.2, -0.15) is 0 Å². The molecule has 2 aromatic rings. The first-order chi connectivity index (χ1) is 10.0. The Hall–Kier alpha value is -2.20. The average molecular weight is 284 g/mol. The number of rotatable bonds is 2. The minimum Gasteiger partial charge on any atom is -0.508 e. The molecule has 0 amide bonds. The van der Waals surface area contributed by atoms with Crippen LogP contribution in [0.1, 0.15) is 29.7 Å². The van der Waals surface area contributed by atoms with Crippen LogP contribution in [-0.2, 0) is 13.0 Å². The van der Waals surface area contributed by atoms with E-state index in [-0.39, 0.29) is 17.5 Å². The van der Waals surface area contributed by atoms with Gasteiger partial charge in [0.1, 0.15) is 11.5 Å². The largest absolute Gasteiger partial charge is 0.508 e. The Bertz CT molecular complexity index is 650. The van der Waals surface area contributed by atoms with Crippen LogP contribution in [-0.4, -0.2) is 21.7 Å². The molecule has 2 aromatic carbocycles. The Morgan fingerprint density at radius 1 is 1.14 bits per heavy atom. The highest BCUT2D eigenvalue weighted by atomic mass is 16.3. The van der Waals surface area contributed by atoms with E-state index < -0.39 is 0 Å². The maximum absolute atomic E-state index is 9.64. The van der Waals surface area contributed by atoms with Crippen LogP contribution in [0.3, 0.4) is 0 Å². The van der Waals surface area contributed by atoms with E-state index in [1.54, 1.807) is 12.1 Å². The molecule has 0 saturated carbocycles. The van der Waals surface area contributed by atoms with E-state index in [1.807, 2.05) is 12.1 Å². The molecule has 3 rings (SSSR count). The molecular formula is C17H20N2O2. The molecule has 4 heteroatoms. The fraction of sp³-hybridized carbons (Fsp3) is 0.294. The van der Waals surface area contributed by atoms with Crippen molar-refractivity contribution >= 4 is 5.69 Å². The maximum Gasteiger partial charge on any atom is 0.119 e. The van der Waals surface area contributed by atoms with E-state index in [0.717, 1.165) is 30.8 Å². The second-order valence-electron chi connectivity index (χ2n) is 5.66. The highest BCUT2D eigenvalue weighted by Gasteiger charge is 2.23. The molecule has 4 N–H and O–H groups in total. The van der Waals surface area contributed by atoms with Crippen LogP contribution in [0.5, 0.6) is 11.5 Å². The van der Waals surface area contributed by atoms with Gasteiger partial charge in [-0.25, -0.2) is 0 Å². The van der Waals surface area contributed by atoms with Gasteiger partial charge < -0.3 is 15.9 Å². The second kappa shape index (κ2) is 5.30. The molecule has 0 spiro atoms. The summed E-state index contributed by atoms with van der Waals surface area (Å²) >= 11 is 0. The Balaban J connectivity index is 1.87. The maximum atomic E-state index is 9.64. The minimum absolute atomic E-state index is 0.0915. The zero-order valence-electron chi connectivity index (χ0n) is 12.1. The standard InChI is InChI=1S/C17H20N2O2/c1-11(13-7-14(20)9-15(21)8-13)19-6-5-12-3-2-4-17(18)16(12)10-19/h2-4,7-9,11,20-21H,5-6,10,18H2,1H3. The van der Waals surface area contributed by atoms with Crippen molar-refractivity contribution in [2.24, 2.45) is 0 Å². The molecule has 110 valence electrons. The lowest BCUT2D eigenvalue weighted by Gasteiger charge is -2.34. The van der Waals surface area contributed by atoms with Crippen molar-refractivity contribution < 1.29 is 10.2 Å². The van der Waals surface area contributed by atoms with Gasteiger partial charge in [-0.3, -0.25) is 4.90 Å². The number of nitrogens with two attached hydrogens (primary N) is 1. The fourth-order valence-electron chi connectivity index (χ4n) is 3.03. The van der Waals surface area contributed by atoms with Crippen LogP contribution < -0.4 is 5.73 Å². The summed E-state index contributed by atoms with van der Waals surface area (Å²) in [5, 5.41) is 19.3. The Kier molecular flexibility index (Phi) is 3.47. The van der Waals surface area contributed by atoms with Gasteiger partial charge >= 0.3 is 0 Å². The summed E-state index contributed by atoms with van der Waals surface area (Å²) in [5.41, 5.74) is 10.3. The monoisotopic (exact) mass is 284 g/mol. The molecule has 1 atom stereocenters. The van der Waals surface area contributed by atoms with Gasteiger partial charge in [0, 0.05) is 30.9 Å². The summed E-state index contributed by atoms with van der Waals surface area (Å²) in [6.07, 6.45) is 0.968. The topological polar surface area (TPSA) is 69.7 Å². The molecule has 0 saturated heterocycles. The number of nitrogens with zero attached hydrogens (tertiary/aromatic N) is 1. The molecule has 1 unspecified atom stereocenters. The smallest absolute Gasteiger partial charge is 0.119 e. The first-order valence-electron chi connectivity index (χ1n) is 7.18. The SMILES string of the molecule is CC(c1cc(O)cc(O)c1)N1CCc2cccc(N)c2C1. The molecule has 0 fully saturated rings. The van der Waals surface area contributed by atoms with Gasteiger partial charge in [0.2, 0.25) is 0 Å². The highest BCUT2D eigenvalue weighted by molar-refractivity contribution is 5.52. The average Bonchev–Trinajstić information content (AvgIpc) is 2.45. The van der Waals surface area contributed by atoms with Crippen LogP contribution in [0.2, 0.25) is 0 Å². The third-order valence-corrected chi connectivity index (χ3v) is 4.29. The molecule has 0 aliphatic carbocycles. The molecule has 1 aliphatic rings. The van der Waals surface area contributed by atoms with Crippen molar-refractivity contribution in [3.05, 3.63) is 53.1 Å². The van der Waals surface area contributed by atoms with Gasteiger partial charge in [-0.05, 0) is 48.2 Å². The molecule has 1 heterocycles. The number of phenolic OH excluding ortho intramolecular Hbond substituents is 2. The molecule has 1 aliphatic heterocycles. The third-order valence-electron chi connectivity index (χ3n) is 4.29. The van der Waals surface area contributed by atoms with Gasteiger partial charge in [-0.15, -0.1) is 0 Å². The number of aromatic hydroxyl groups is 2. The quantitative estimate of drug-likeness (QED) is 0.742. The summed E-state index contributed by atoms with van der Waals surface area (Å²) in [7, 11) is 0. The van der Waals surface area contributed by atoms with Crippen molar-refractivity contribution in [3.63, 3.8) is 0 Å². The van der Waals surface area contributed by atoms with E-state index >= 15 is 0 Å². The fourth-order valence-corrected chi connectivity index (χ4v) is 3.03. The lowest BCUT2D eigenvalue weighted by molar-refractivity contribution is 0.192. The zero-order chi connectivity index (χ0) is 15.0. The number of fused-ring (bicyclic) bond motifs is 1. The van der Waals surface area contributed by atoms with E-state index in [2.05, 4.69) is 17.9 Å². The van der Waals surface area contributed by atoms with E-state index in [9.17, 15) is 10.2 Å². The third kappa shape index (κ3) is 2.67. The summed E-state index contributed by atoms with van der Waals surface area (Å²) in [5.74, 6) is 0.183. The van der Waals surface area contributed by atoms with Crippen LogP contribution >= 0.6 is 0 Å². The van der Waals surface area contributed by atoms with Crippen LogP contribution in [0.4, 0.5) is 5.69 Å². The van der Waals surface area contributed by atoms with Gasteiger partial charge in [-0.1, -0.05) is 12.1 Å². The van der Waals surface area contributed by atoms with Gasteiger partial charge in [0.25, 0.3) is 0 Å². The summed E-state index contributed by atoms with van der Waals surface area (Å²) in [4.78, 5) is 2.31. The van der Waals surface area contributed by atoms with Crippen molar-refractivity contribution in [2.45, 2.75) is 25.9 Å². The number of phenols is 2. The molecule has 0 radical (unpaired) electrons. The minimum atomic E-state index is 0.0915. The second-order valence-corrected chi connectivity index (χ2v) is 5.66. The van der Waals surface area contributed by atoms with Crippen molar-refractivity contribution in [3.8, 4) is 11.5 Å². The molecular weight excluding hydrogens is 264 g/mol. The summed E-state index contributed by atoms with van der Waals surface area (Å²) < 4.78 is 0. The lowest BCUT2D eigenvalue weighted by atomic mass is 9.95. The molecule has 0 aromatic heterocycles. The van der Waals surface area contributed by atoms with E-state index in [4.69, 9.17) is 5.73 Å². The normalized spacial score (nSPS) is 16.4. The lowest BCUT2D eigenvalue weighted by Crippen LogP contribution is -2.33. The highest BCUT2D eigenvalue weighted by Crippen LogP contribution is 2.32. The number of hydrogen-bond donors (Lipinski definition) is 3. The molecule has 4 nitrogen and oxygen atoms in total. The first-order valence-corrected chi connectivity index (χ1v) is 7.18. The number of benzene rings is 2. The van der Waals surface area contributed by atoms with Crippen LogP contribution in [0, 0.1) is 0 Å². The Morgan fingerprint density at radius 2 is 1.86 bits per heavy atom. The number of nitrogen functional groups attached to an aromatic ring is 1. The van der Waals surface area contributed by atoms with Crippen LogP contribution in [0.15, 0.2) is 36.4 Å². The van der Waals surface area contributed by atoms with Crippen molar-refractivity contribution in [1.29, 1.82) is 0 Å². The molecule has 21 heavy (non-hydrogen) atoms. The van der Waals surface area contributed by atoms with Crippen molar-refractivity contribution in [2.75, 3.05) is 12.3 Å². The van der Waals surface area contributed by atoms with Crippen LogP contribution in [0.25, 0.3) is 0 Å². The summed E-state index contributed by atoms with van der Waals surface area (Å²) in [6, 6.07) is 10.9. The Labute approximate surface area is 124 Å². The molecule has 0 bridgehead atoms. The summed E-state index contributed by atoms with van der Waals surface area (Å²) in [6.45, 7) is 3.81. The van der Waals surface area contributed by atoms with E-state index in [1.165, 1.54) is 17.2 Å². The number of anilines is 1. The predicted octanol–water partition coefficient (Wildman–Crippen LogP) is 2.80. The van der Waals surface area contributed by atoms with Gasteiger partial charge in [0.05, 0.1) is 0 Å². The predicted molar refractivity (Wildman–Crippen MR) is 83.2 cm³/mol. The van der Waals surface area contributed by atoms with Crippen molar-refractivity contribution in [1.82, 2.24) is 4.90 Å². The number of hydrogen-bond acceptors (Lipinski definition) is 4. The Morgan fingerprint density at radius 3 is 2.57 bits per heavy atom. The van der Waals surface area contributed by atoms with Gasteiger partial charge in [0.15, 0.2) is 0 Å². The van der Waals surface area contributed by atoms with E-state index in [0.29, 0.717) is 0 Å².